The normalized spacial score (nSPS) is 19.8. The maximum atomic E-state index is 13.1. The molecule has 2 aliphatic rings. The molecule has 0 radical (unpaired) electrons. The van der Waals surface area contributed by atoms with E-state index in [1.807, 2.05) is 4.90 Å². The van der Waals surface area contributed by atoms with Crippen molar-refractivity contribution < 1.29 is 19.8 Å². The molecule has 34 heavy (non-hydrogen) atoms. The largest absolute Gasteiger partial charge is 0.504 e. The Morgan fingerprint density at radius 1 is 1.15 bits per heavy atom. The smallest absolute Gasteiger partial charge is 0.257 e. The number of piperidine rings is 1. The summed E-state index contributed by atoms with van der Waals surface area (Å²) in [5, 5.41) is 29.0. The monoisotopic (exact) mass is 490 g/mol. The van der Waals surface area contributed by atoms with Gasteiger partial charge in [-0.05, 0) is 38.4 Å². The van der Waals surface area contributed by atoms with Gasteiger partial charge in [0.2, 0.25) is 5.91 Å². The summed E-state index contributed by atoms with van der Waals surface area (Å²) in [4.78, 5) is 32.2. The molecule has 11 heteroatoms. The number of halogens is 1. The van der Waals surface area contributed by atoms with E-state index in [1.165, 1.54) is 6.07 Å². The third-order valence-corrected chi connectivity index (χ3v) is 6.85. The zero-order valence-electron chi connectivity index (χ0n) is 19.3. The maximum absolute atomic E-state index is 13.1. The number of aromatic amines is 1. The Bertz CT molecular complexity index is 1010. The Kier molecular flexibility index (Phi) is 7.60. The molecule has 0 bridgehead atoms. The van der Waals surface area contributed by atoms with Gasteiger partial charge in [0, 0.05) is 57.3 Å². The Morgan fingerprint density at radius 2 is 1.91 bits per heavy atom. The minimum Gasteiger partial charge on any atom is -0.504 e. The van der Waals surface area contributed by atoms with Gasteiger partial charge in [0.15, 0.2) is 17.3 Å². The summed E-state index contributed by atoms with van der Waals surface area (Å²) >= 11 is 5.84. The first kappa shape index (κ1) is 24.3. The van der Waals surface area contributed by atoms with E-state index in [4.69, 9.17) is 11.6 Å². The second-order valence-corrected chi connectivity index (χ2v) is 9.39. The third-order valence-electron chi connectivity index (χ3n) is 6.56. The quantitative estimate of drug-likeness (QED) is 0.458. The number of carbonyl (C=O) groups excluding carboxylic acids is 2. The van der Waals surface area contributed by atoms with Gasteiger partial charge in [0.25, 0.3) is 5.91 Å². The molecular weight excluding hydrogens is 460 g/mol. The fraction of sp³-hybridized carbons (Fsp3) is 0.522. The van der Waals surface area contributed by atoms with E-state index in [-0.39, 0.29) is 22.5 Å². The molecule has 2 aliphatic heterocycles. The molecule has 10 nitrogen and oxygen atoms in total. The summed E-state index contributed by atoms with van der Waals surface area (Å²) in [6.07, 6.45) is 3.30. The van der Waals surface area contributed by atoms with Crippen LogP contribution in [0.5, 0.6) is 11.5 Å². The number of rotatable bonds is 6. The van der Waals surface area contributed by atoms with Crippen LogP contribution in [0.2, 0.25) is 5.02 Å². The number of carbonyl (C=O) groups is 2. The lowest BCUT2D eigenvalue weighted by molar-refractivity contribution is -0.135. The SMILES string of the molecule is CN1CCN(CCC(=O)N2CCCC[C@@H]2c2cc(NC(=O)c3cc(O)c(O)c(Cl)c3)n[nH]2)CC1. The van der Waals surface area contributed by atoms with Gasteiger partial charge >= 0.3 is 0 Å². The number of phenolic OH excluding ortho intramolecular Hbond substituents is 2. The average molecular weight is 491 g/mol. The van der Waals surface area contributed by atoms with Crippen LogP contribution in [-0.4, -0.2) is 93.2 Å². The molecular formula is C23H31ClN6O4. The number of likely N-dealkylation sites (tertiary alicyclic amines) is 1. The van der Waals surface area contributed by atoms with E-state index in [2.05, 4.69) is 32.4 Å². The first-order valence-electron chi connectivity index (χ1n) is 11.6. The number of aromatic hydroxyl groups is 2. The van der Waals surface area contributed by atoms with Crippen LogP contribution in [0, 0.1) is 0 Å². The number of phenols is 2. The zero-order valence-corrected chi connectivity index (χ0v) is 20.0. The van der Waals surface area contributed by atoms with Gasteiger partial charge in [-0.15, -0.1) is 0 Å². The van der Waals surface area contributed by atoms with Crippen molar-refractivity contribution in [3.8, 4) is 11.5 Å². The molecule has 1 aromatic heterocycles. The molecule has 4 N–H and O–H groups in total. The highest BCUT2D eigenvalue weighted by molar-refractivity contribution is 6.32. The van der Waals surface area contributed by atoms with Crippen molar-refractivity contribution in [3.63, 3.8) is 0 Å². The van der Waals surface area contributed by atoms with Gasteiger partial charge in [-0.2, -0.15) is 5.10 Å². The van der Waals surface area contributed by atoms with Gasteiger partial charge in [-0.25, -0.2) is 0 Å². The lowest BCUT2D eigenvalue weighted by Crippen LogP contribution is -2.46. The van der Waals surface area contributed by atoms with Crippen molar-refractivity contribution >= 4 is 29.2 Å². The molecule has 2 amide bonds. The molecule has 1 atom stereocenters. The number of nitrogens with one attached hydrogen (secondary N) is 2. The van der Waals surface area contributed by atoms with Crippen LogP contribution in [0.15, 0.2) is 18.2 Å². The molecule has 0 unspecified atom stereocenters. The van der Waals surface area contributed by atoms with Gasteiger partial charge < -0.3 is 30.2 Å². The average Bonchev–Trinajstić information content (AvgIpc) is 3.30. The number of amides is 2. The minimum atomic E-state index is -0.529. The lowest BCUT2D eigenvalue weighted by atomic mass is 9.99. The number of hydrogen-bond acceptors (Lipinski definition) is 7. The highest BCUT2D eigenvalue weighted by Gasteiger charge is 2.30. The predicted octanol–water partition coefficient (Wildman–Crippen LogP) is 2.42. The van der Waals surface area contributed by atoms with Gasteiger partial charge in [0.05, 0.1) is 16.8 Å². The molecule has 0 saturated carbocycles. The molecule has 184 valence electrons. The molecule has 2 aromatic rings. The van der Waals surface area contributed by atoms with Crippen LogP contribution in [-0.2, 0) is 4.79 Å². The van der Waals surface area contributed by atoms with Crippen LogP contribution < -0.4 is 5.32 Å². The summed E-state index contributed by atoms with van der Waals surface area (Å²) < 4.78 is 0. The van der Waals surface area contributed by atoms with Crippen LogP contribution in [0.4, 0.5) is 5.82 Å². The van der Waals surface area contributed by atoms with E-state index in [0.29, 0.717) is 18.8 Å². The molecule has 2 saturated heterocycles. The van der Waals surface area contributed by atoms with Crippen molar-refractivity contribution in [1.82, 2.24) is 24.9 Å². The third kappa shape index (κ3) is 5.63. The molecule has 3 heterocycles. The number of aromatic nitrogens is 2. The Labute approximate surface area is 203 Å². The summed E-state index contributed by atoms with van der Waals surface area (Å²) in [7, 11) is 2.12. The first-order chi connectivity index (χ1) is 16.3. The minimum absolute atomic E-state index is 0.0863. The second-order valence-electron chi connectivity index (χ2n) is 8.98. The van der Waals surface area contributed by atoms with E-state index in [9.17, 15) is 19.8 Å². The summed E-state index contributed by atoms with van der Waals surface area (Å²) in [6.45, 7) is 5.50. The Balaban J connectivity index is 1.38. The topological polar surface area (TPSA) is 125 Å². The van der Waals surface area contributed by atoms with Crippen LogP contribution in [0.25, 0.3) is 0 Å². The van der Waals surface area contributed by atoms with Crippen molar-refractivity contribution in [2.45, 2.75) is 31.7 Å². The number of nitrogens with zero attached hydrogens (tertiary/aromatic N) is 4. The van der Waals surface area contributed by atoms with Crippen LogP contribution in [0.3, 0.4) is 0 Å². The van der Waals surface area contributed by atoms with E-state index >= 15 is 0 Å². The van der Waals surface area contributed by atoms with Crippen molar-refractivity contribution in [2.75, 3.05) is 51.6 Å². The van der Waals surface area contributed by atoms with Gasteiger partial charge in [0.1, 0.15) is 0 Å². The first-order valence-corrected chi connectivity index (χ1v) is 12.0. The van der Waals surface area contributed by atoms with Crippen molar-refractivity contribution in [1.29, 1.82) is 0 Å². The zero-order chi connectivity index (χ0) is 24.2. The number of H-pyrrole nitrogens is 1. The summed E-state index contributed by atoms with van der Waals surface area (Å²) in [5.41, 5.74) is 0.859. The number of anilines is 1. The second kappa shape index (κ2) is 10.6. The van der Waals surface area contributed by atoms with Crippen LogP contribution in [0.1, 0.15) is 47.8 Å². The molecule has 4 rings (SSSR count). The summed E-state index contributed by atoms with van der Waals surface area (Å²) in [6, 6.07) is 4.02. The summed E-state index contributed by atoms with van der Waals surface area (Å²) in [5.74, 6) is -1.04. The van der Waals surface area contributed by atoms with E-state index in [1.54, 1.807) is 6.07 Å². The highest BCUT2D eigenvalue weighted by Crippen LogP contribution is 2.34. The molecule has 0 spiro atoms. The highest BCUT2D eigenvalue weighted by atomic mass is 35.5. The number of likely N-dealkylation sites (N-methyl/N-ethyl adjacent to an activating group) is 1. The molecule has 0 aliphatic carbocycles. The number of piperazine rings is 1. The predicted molar refractivity (Wildman–Crippen MR) is 128 cm³/mol. The van der Waals surface area contributed by atoms with Crippen LogP contribution >= 0.6 is 11.6 Å². The van der Waals surface area contributed by atoms with Gasteiger partial charge in [-0.1, -0.05) is 11.6 Å². The number of benzene rings is 1. The van der Waals surface area contributed by atoms with Gasteiger partial charge in [-0.3, -0.25) is 14.7 Å². The Morgan fingerprint density at radius 3 is 2.65 bits per heavy atom. The fourth-order valence-electron chi connectivity index (χ4n) is 4.50. The van der Waals surface area contributed by atoms with E-state index in [0.717, 1.165) is 63.7 Å². The van der Waals surface area contributed by atoms with Crippen molar-refractivity contribution in [2.24, 2.45) is 0 Å². The van der Waals surface area contributed by atoms with E-state index < -0.39 is 17.4 Å². The Hall–Kier alpha value is -2.82. The fourth-order valence-corrected chi connectivity index (χ4v) is 4.71. The maximum Gasteiger partial charge on any atom is 0.257 e. The number of hydrogen-bond donors (Lipinski definition) is 4. The van der Waals surface area contributed by atoms with Crippen molar-refractivity contribution in [3.05, 3.63) is 34.5 Å². The molecule has 1 aromatic carbocycles. The lowest BCUT2D eigenvalue weighted by Gasteiger charge is -2.36. The molecule has 2 fully saturated rings. The standard InChI is InChI=1S/C23H31ClN6O4/c1-28-8-10-29(11-9-28)7-5-21(32)30-6-3-2-4-18(30)17-14-20(27-26-17)25-23(34)15-12-16(24)22(33)19(31)13-15/h12-14,18,31,33H,2-11H2,1H3,(H2,25,26,27,34)/t18-/m1/s1.